The molecule has 0 aliphatic carbocycles. The lowest BCUT2D eigenvalue weighted by molar-refractivity contribution is -0.141. The predicted octanol–water partition coefficient (Wildman–Crippen LogP) is 0.763. The summed E-state index contributed by atoms with van der Waals surface area (Å²) in [6.07, 6.45) is 1.16. The number of rotatable bonds is 4. The van der Waals surface area contributed by atoms with Gasteiger partial charge in [-0.3, -0.25) is 4.79 Å². The summed E-state index contributed by atoms with van der Waals surface area (Å²) < 4.78 is 5.70. The molecule has 0 saturated heterocycles. The van der Waals surface area contributed by atoms with E-state index >= 15 is 0 Å². The normalized spacial score (nSPS) is 10.0. The molecule has 0 radical (unpaired) electrons. The zero-order chi connectivity index (χ0) is 16.1. The summed E-state index contributed by atoms with van der Waals surface area (Å²) in [5.41, 5.74) is 5.13. The van der Waals surface area contributed by atoms with Crippen molar-refractivity contribution < 1.29 is 19.2 Å². The fourth-order valence-electron chi connectivity index (χ4n) is 1.74. The van der Waals surface area contributed by atoms with Gasteiger partial charge in [0.2, 0.25) is 0 Å². The van der Waals surface area contributed by atoms with Gasteiger partial charge in [0.25, 0.3) is 5.56 Å². The monoisotopic (exact) mass is 302 g/mol. The van der Waals surface area contributed by atoms with Gasteiger partial charge < -0.3 is 15.3 Å². The SMILES string of the molecule is CC(=O)On1ccc(N)c(C(=O)OCc2ccccc2)c1=O. The van der Waals surface area contributed by atoms with E-state index in [1.807, 2.05) is 6.07 Å². The highest BCUT2D eigenvalue weighted by Crippen LogP contribution is 2.09. The lowest BCUT2D eigenvalue weighted by atomic mass is 10.2. The van der Waals surface area contributed by atoms with Gasteiger partial charge in [0, 0.05) is 6.92 Å². The Morgan fingerprint density at radius 2 is 1.86 bits per heavy atom. The lowest BCUT2D eigenvalue weighted by Crippen LogP contribution is -2.34. The average molecular weight is 302 g/mol. The van der Waals surface area contributed by atoms with Crippen LogP contribution in [0.1, 0.15) is 22.8 Å². The van der Waals surface area contributed by atoms with E-state index in [0.717, 1.165) is 18.7 Å². The van der Waals surface area contributed by atoms with Gasteiger partial charge in [-0.1, -0.05) is 30.3 Å². The molecule has 2 aromatic rings. The molecule has 1 aromatic carbocycles. The first-order valence-corrected chi connectivity index (χ1v) is 6.40. The van der Waals surface area contributed by atoms with Crippen molar-refractivity contribution in [3.8, 4) is 0 Å². The fourth-order valence-corrected chi connectivity index (χ4v) is 1.74. The minimum Gasteiger partial charge on any atom is -0.457 e. The Bertz CT molecular complexity index is 752. The van der Waals surface area contributed by atoms with Crippen LogP contribution in [0.5, 0.6) is 0 Å². The van der Waals surface area contributed by atoms with Gasteiger partial charge >= 0.3 is 11.9 Å². The molecule has 114 valence electrons. The highest BCUT2D eigenvalue weighted by molar-refractivity contribution is 5.94. The Morgan fingerprint density at radius 3 is 2.50 bits per heavy atom. The molecule has 22 heavy (non-hydrogen) atoms. The first-order valence-electron chi connectivity index (χ1n) is 6.40. The van der Waals surface area contributed by atoms with Crippen LogP contribution in [0.2, 0.25) is 0 Å². The number of benzene rings is 1. The number of nitrogens with zero attached hydrogens (tertiary/aromatic N) is 1. The van der Waals surface area contributed by atoms with E-state index < -0.39 is 17.5 Å². The van der Waals surface area contributed by atoms with E-state index in [0.29, 0.717) is 4.73 Å². The van der Waals surface area contributed by atoms with Gasteiger partial charge in [0.1, 0.15) is 6.61 Å². The number of esters is 1. The molecule has 0 saturated carbocycles. The van der Waals surface area contributed by atoms with Crippen molar-refractivity contribution in [2.45, 2.75) is 13.5 Å². The summed E-state index contributed by atoms with van der Waals surface area (Å²) in [6, 6.07) is 10.3. The molecule has 0 atom stereocenters. The van der Waals surface area contributed by atoms with E-state index in [4.69, 9.17) is 10.5 Å². The molecule has 1 heterocycles. The molecule has 1 aromatic heterocycles. The summed E-state index contributed by atoms with van der Waals surface area (Å²) in [5.74, 6) is -1.58. The van der Waals surface area contributed by atoms with Crippen LogP contribution in [0.15, 0.2) is 47.4 Å². The number of hydrogen-bond donors (Lipinski definition) is 1. The fraction of sp³-hybridized carbons (Fsp3) is 0.133. The quantitative estimate of drug-likeness (QED) is 0.837. The third-order valence-electron chi connectivity index (χ3n) is 2.74. The van der Waals surface area contributed by atoms with Crippen molar-refractivity contribution in [2.24, 2.45) is 0 Å². The number of carbonyl (C=O) groups is 2. The van der Waals surface area contributed by atoms with Gasteiger partial charge in [0.05, 0.1) is 11.9 Å². The Kier molecular flexibility index (Phi) is 4.57. The van der Waals surface area contributed by atoms with Crippen molar-refractivity contribution in [3.63, 3.8) is 0 Å². The van der Waals surface area contributed by atoms with Crippen molar-refractivity contribution in [2.75, 3.05) is 5.73 Å². The molecule has 0 bridgehead atoms. The Morgan fingerprint density at radius 1 is 1.18 bits per heavy atom. The number of carbonyl (C=O) groups excluding carboxylic acids is 2. The molecule has 0 spiro atoms. The summed E-state index contributed by atoms with van der Waals surface area (Å²) in [7, 11) is 0. The molecule has 0 unspecified atom stereocenters. The van der Waals surface area contributed by atoms with Crippen LogP contribution in [-0.2, 0) is 16.1 Å². The lowest BCUT2D eigenvalue weighted by Gasteiger charge is -2.09. The van der Waals surface area contributed by atoms with Crippen LogP contribution >= 0.6 is 0 Å². The second-order valence-corrected chi connectivity index (χ2v) is 4.42. The number of anilines is 1. The van der Waals surface area contributed by atoms with Crippen LogP contribution in [0.3, 0.4) is 0 Å². The molecule has 0 aliphatic heterocycles. The number of nitrogen functional groups attached to an aromatic ring is 1. The standard InChI is InChI=1S/C15H14N2O5/c1-10(18)22-17-8-7-12(16)13(14(17)19)15(20)21-9-11-5-3-2-4-6-11/h2-8H,9,16H2,1H3. The second kappa shape index (κ2) is 6.57. The minimum atomic E-state index is -0.882. The zero-order valence-electron chi connectivity index (χ0n) is 11.8. The molecular formula is C15H14N2O5. The highest BCUT2D eigenvalue weighted by Gasteiger charge is 2.19. The summed E-state index contributed by atoms with van der Waals surface area (Å²) in [5, 5.41) is 0. The summed E-state index contributed by atoms with van der Waals surface area (Å²) in [4.78, 5) is 39.7. The second-order valence-electron chi connectivity index (χ2n) is 4.42. The summed E-state index contributed by atoms with van der Waals surface area (Å²) >= 11 is 0. The molecule has 7 nitrogen and oxygen atoms in total. The predicted molar refractivity (Wildman–Crippen MR) is 77.9 cm³/mol. The Labute approximate surface area is 125 Å². The van der Waals surface area contributed by atoms with E-state index in [1.165, 1.54) is 6.07 Å². The number of hydrogen-bond acceptors (Lipinski definition) is 6. The van der Waals surface area contributed by atoms with Crippen LogP contribution in [-0.4, -0.2) is 16.7 Å². The van der Waals surface area contributed by atoms with Gasteiger partial charge in [-0.05, 0) is 11.6 Å². The average Bonchev–Trinajstić information content (AvgIpc) is 2.49. The van der Waals surface area contributed by atoms with Crippen molar-refractivity contribution >= 4 is 17.6 Å². The van der Waals surface area contributed by atoms with Crippen LogP contribution in [0, 0.1) is 0 Å². The molecule has 0 fully saturated rings. The Balaban J connectivity index is 2.22. The molecule has 2 rings (SSSR count). The molecule has 7 heteroatoms. The van der Waals surface area contributed by atoms with Crippen molar-refractivity contribution in [1.82, 2.24) is 4.73 Å². The maximum absolute atomic E-state index is 12.1. The number of ether oxygens (including phenoxy) is 1. The van der Waals surface area contributed by atoms with E-state index in [9.17, 15) is 14.4 Å². The van der Waals surface area contributed by atoms with Gasteiger partial charge in [-0.25, -0.2) is 9.59 Å². The third kappa shape index (κ3) is 3.51. The highest BCUT2D eigenvalue weighted by atomic mass is 16.7. The van der Waals surface area contributed by atoms with E-state index in [2.05, 4.69) is 4.84 Å². The first-order chi connectivity index (χ1) is 10.5. The first kappa shape index (κ1) is 15.3. The van der Waals surface area contributed by atoms with E-state index in [-0.39, 0.29) is 17.9 Å². The smallest absolute Gasteiger partial charge is 0.346 e. The van der Waals surface area contributed by atoms with Gasteiger partial charge in [-0.2, -0.15) is 0 Å². The van der Waals surface area contributed by atoms with Crippen molar-refractivity contribution in [3.05, 3.63) is 64.1 Å². The largest absolute Gasteiger partial charge is 0.457 e. The number of aromatic nitrogens is 1. The summed E-state index contributed by atoms with van der Waals surface area (Å²) in [6.45, 7) is 1.14. The van der Waals surface area contributed by atoms with Gasteiger partial charge in [-0.15, -0.1) is 4.73 Å². The third-order valence-corrected chi connectivity index (χ3v) is 2.74. The Hall–Kier alpha value is -3.09. The molecule has 2 N–H and O–H groups in total. The topological polar surface area (TPSA) is 101 Å². The van der Waals surface area contributed by atoms with Crippen LogP contribution in [0.4, 0.5) is 5.69 Å². The van der Waals surface area contributed by atoms with Gasteiger partial charge in [0.15, 0.2) is 5.56 Å². The van der Waals surface area contributed by atoms with Crippen molar-refractivity contribution in [1.29, 1.82) is 0 Å². The zero-order valence-corrected chi connectivity index (χ0v) is 11.8. The molecule has 0 amide bonds. The van der Waals surface area contributed by atoms with Crippen LogP contribution in [0.25, 0.3) is 0 Å². The molecule has 0 aliphatic rings. The van der Waals surface area contributed by atoms with Crippen LogP contribution < -0.4 is 16.1 Å². The number of nitrogens with two attached hydrogens (primary N) is 1. The minimum absolute atomic E-state index is 0.00101. The number of pyridine rings is 1. The van der Waals surface area contributed by atoms with E-state index in [1.54, 1.807) is 24.3 Å². The maximum Gasteiger partial charge on any atom is 0.346 e. The molecular weight excluding hydrogens is 288 g/mol. The maximum atomic E-state index is 12.1.